The molecule has 0 saturated carbocycles. The minimum Gasteiger partial charge on any atom is -0.494 e. The summed E-state index contributed by atoms with van der Waals surface area (Å²) in [6.45, 7) is 5.95. The molecular formula is C24H27N3O2S. The highest BCUT2D eigenvalue weighted by molar-refractivity contribution is 7.22. The molecule has 0 spiro atoms. The molecule has 2 aliphatic heterocycles. The molecule has 156 valence electrons. The molecule has 1 amide bonds. The van der Waals surface area contributed by atoms with Crippen LogP contribution in [0.2, 0.25) is 0 Å². The molecule has 2 aliphatic rings. The van der Waals surface area contributed by atoms with Crippen molar-refractivity contribution in [2.45, 2.75) is 32.7 Å². The van der Waals surface area contributed by atoms with E-state index in [0.717, 1.165) is 66.5 Å². The average molecular weight is 422 g/mol. The Bertz CT molecular complexity index is 1060. The Morgan fingerprint density at radius 2 is 2.07 bits per heavy atom. The van der Waals surface area contributed by atoms with E-state index in [1.54, 1.807) is 11.3 Å². The summed E-state index contributed by atoms with van der Waals surface area (Å²) in [4.78, 5) is 22.5. The maximum atomic E-state index is 13.3. The van der Waals surface area contributed by atoms with Gasteiger partial charge in [-0.3, -0.25) is 4.79 Å². The van der Waals surface area contributed by atoms with Gasteiger partial charge in [0.15, 0.2) is 5.13 Å². The summed E-state index contributed by atoms with van der Waals surface area (Å²) in [5.41, 5.74) is 3.67. The van der Waals surface area contributed by atoms with Gasteiger partial charge in [-0.2, -0.15) is 0 Å². The largest absolute Gasteiger partial charge is 0.494 e. The number of anilines is 1. The van der Waals surface area contributed by atoms with Crippen LogP contribution in [0.4, 0.5) is 5.13 Å². The first kappa shape index (κ1) is 19.4. The van der Waals surface area contributed by atoms with E-state index in [9.17, 15) is 4.79 Å². The van der Waals surface area contributed by atoms with Crippen LogP contribution in [0.15, 0.2) is 42.5 Å². The third-order valence-corrected chi connectivity index (χ3v) is 7.22. The van der Waals surface area contributed by atoms with E-state index in [1.807, 2.05) is 19.1 Å². The van der Waals surface area contributed by atoms with Gasteiger partial charge in [0.2, 0.25) is 5.91 Å². The number of rotatable bonds is 4. The highest BCUT2D eigenvalue weighted by Gasteiger charge is 2.32. The minimum atomic E-state index is 0.0509. The second-order valence-electron chi connectivity index (χ2n) is 8.12. The predicted molar refractivity (Wildman–Crippen MR) is 121 cm³/mol. The van der Waals surface area contributed by atoms with Crippen molar-refractivity contribution < 1.29 is 9.53 Å². The van der Waals surface area contributed by atoms with Gasteiger partial charge in [-0.15, -0.1) is 0 Å². The molecule has 5 nitrogen and oxygen atoms in total. The van der Waals surface area contributed by atoms with Crippen LogP contribution in [-0.2, 0) is 17.8 Å². The number of hydrogen-bond donors (Lipinski definition) is 0. The van der Waals surface area contributed by atoms with Crippen LogP contribution in [0, 0.1) is 5.92 Å². The van der Waals surface area contributed by atoms with E-state index in [4.69, 9.17) is 9.72 Å². The van der Waals surface area contributed by atoms with Crippen molar-refractivity contribution in [1.82, 2.24) is 9.88 Å². The van der Waals surface area contributed by atoms with Gasteiger partial charge in [-0.1, -0.05) is 35.6 Å². The van der Waals surface area contributed by atoms with E-state index in [1.165, 1.54) is 11.1 Å². The second-order valence-corrected chi connectivity index (χ2v) is 9.13. The topological polar surface area (TPSA) is 45.7 Å². The zero-order valence-corrected chi connectivity index (χ0v) is 18.2. The van der Waals surface area contributed by atoms with Gasteiger partial charge in [0.1, 0.15) is 5.75 Å². The normalized spacial score (nSPS) is 19.0. The van der Waals surface area contributed by atoms with Crippen molar-refractivity contribution in [1.29, 1.82) is 0 Å². The molecule has 0 radical (unpaired) electrons. The lowest BCUT2D eigenvalue weighted by Crippen LogP contribution is -2.46. The summed E-state index contributed by atoms with van der Waals surface area (Å²) in [6.07, 6.45) is 2.95. The fourth-order valence-electron chi connectivity index (χ4n) is 4.58. The molecule has 1 saturated heterocycles. The number of carbonyl (C=O) groups excluding carboxylic acids is 1. The lowest BCUT2D eigenvalue weighted by Gasteiger charge is -2.36. The van der Waals surface area contributed by atoms with Gasteiger partial charge >= 0.3 is 0 Å². The molecule has 2 aromatic carbocycles. The van der Waals surface area contributed by atoms with Crippen molar-refractivity contribution in [2.24, 2.45) is 5.92 Å². The molecule has 1 aromatic heterocycles. The van der Waals surface area contributed by atoms with E-state index in [0.29, 0.717) is 12.5 Å². The molecule has 0 bridgehead atoms. The van der Waals surface area contributed by atoms with Gasteiger partial charge in [0.05, 0.1) is 22.7 Å². The first-order valence-corrected chi connectivity index (χ1v) is 11.7. The summed E-state index contributed by atoms with van der Waals surface area (Å²) < 4.78 is 6.76. The smallest absolute Gasteiger partial charge is 0.227 e. The molecule has 0 aliphatic carbocycles. The Morgan fingerprint density at radius 1 is 1.20 bits per heavy atom. The fourth-order valence-corrected chi connectivity index (χ4v) is 5.61. The Kier molecular flexibility index (Phi) is 5.34. The highest BCUT2D eigenvalue weighted by Crippen LogP contribution is 2.34. The lowest BCUT2D eigenvalue weighted by atomic mass is 9.94. The molecule has 5 rings (SSSR count). The van der Waals surface area contributed by atoms with Gasteiger partial charge in [-0.05, 0) is 55.5 Å². The number of amides is 1. The number of hydrogen-bond acceptors (Lipinski definition) is 5. The number of ether oxygens (including phenoxy) is 1. The summed E-state index contributed by atoms with van der Waals surface area (Å²) in [5, 5.41) is 1.01. The molecule has 1 atom stereocenters. The molecule has 1 fully saturated rings. The highest BCUT2D eigenvalue weighted by atomic mass is 32.1. The van der Waals surface area contributed by atoms with Crippen molar-refractivity contribution in [3.63, 3.8) is 0 Å². The number of benzene rings is 2. The molecule has 3 heterocycles. The monoisotopic (exact) mass is 421 g/mol. The summed E-state index contributed by atoms with van der Waals surface area (Å²) in [7, 11) is 0. The second kappa shape index (κ2) is 8.26. The van der Waals surface area contributed by atoms with E-state index < -0.39 is 0 Å². The maximum absolute atomic E-state index is 13.3. The predicted octanol–water partition coefficient (Wildman–Crippen LogP) is 4.50. The van der Waals surface area contributed by atoms with Crippen LogP contribution in [0.3, 0.4) is 0 Å². The van der Waals surface area contributed by atoms with Gasteiger partial charge in [0.25, 0.3) is 0 Å². The number of piperidine rings is 1. The van der Waals surface area contributed by atoms with Crippen LogP contribution in [0.5, 0.6) is 5.75 Å². The molecule has 6 heteroatoms. The summed E-state index contributed by atoms with van der Waals surface area (Å²) in [5.74, 6) is 1.24. The van der Waals surface area contributed by atoms with Crippen LogP contribution in [-0.4, -0.2) is 42.0 Å². The number of carbonyl (C=O) groups is 1. The first-order chi connectivity index (χ1) is 14.7. The van der Waals surface area contributed by atoms with E-state index in [-0.39, 0.29) is 5.92 Å². The molecular weight excluding hydrogens is 394 g/mol. The Hall–Kier alpha value is -2.60. The quantitative estimate of drug-likeness (QED) is 0.622. The van der Waals surface area contributed by atoms with Gasteiger partial charge < -0.3 is 14.5 Å². The van der Waals surface area contributed by atoms with E-state index in [2.05, 4.69) is 40.1 Å². The SMILES string of the molecule is CCOc1ccc2nc(N3CCC[C@H](C(=O)N4CCc5ccccc5C4)C3)sc2c1. The van der Waals surface area contributed by atoms with Crippen LogP contribution < -0.4 is 9.64 Å². The molecule has 0 unspecified atom stereocenters. The van der Waals surface area contributed by atoms with Crippen LogP contribution in [0.1, 0.15) is 30.9 Å². The van der Waals surface area contributed by atoms with Crippen molar-refractivity contribution in [3.05, 3.63) is 53.6 Å². The molecule has 0 N–H and O–H groups in total. The Morgan fingerprint density at radius 3 is 2.93 bits per heavy atom. The number of fused-ring (bicyclic) bond motifs is 2. The zero-order valence-electron chi connectivity index (χ0n) is 17.3. The fraction of sp³-hybridized carbons (Fsp3) is 0.417. The van der Waals surface area contributed by atoms with Crippen LogP contribution >= 0.6 is 11.3 Å². The van der Waals surface area contributed by atoms with Gasteiger partial charge in [-0.25, -0.2) is 4.98 Å². The third-order valence-electron chi connectivity index (χ3n) is 6.14. The van der Waals surface area contributed by atoms with Gasteiger partial charge in [0, 0.05) is 26.2 Å². The number of aromatic nitrogens is 1. The molecule has 3 aromatic rings. The third kappa shape index (κ3) is 3.76. The van der Waals surface area contributed by atoms with Crippen LogP contribution in [0.25, 0.3) is 10.2 Å². The number of thiazole rings is 1. The number of nitrogens with zero attached hydrogens (tertiary/aromatic N) is 3. The maximum Gasteiger partial charge on any atom is 0.227 e. The standard InChI is InChI=1S/C24H27N3O2S/c1-2-29-20-9-10-21-22(14-20)30-24(25-21)27-12-5-8-19(16-27)23(28)26-13-11-17-6-3-4-7-18(17)15-26/h3-4,6-7,9-10,14,19H,2,5,8,11-13,15-16H2,1H3/t19-/m0/s1. The summed E-state index contributed by atoms with van der Waals surface area (Å²) >= 11 is 1.69. The van der Waals surface area contributed by atoms with Crippen molar-refractivity contribution in [2.75, 3.05) is 31.1 Å². The minimum absolute atomic E-state index is 0.0509. The average Bonchev–Trinajstić information content (AvgIpc) is 3.22. The summed E-state index contributed by atoms with van der Waals surface area (Å²) in [6, 6.07) is 14.6. The molecule has 30 heavy (non-hydrogen) atoms. The van der Waals surface area contributed by atoms with E-state index >= 15 is 0 Å². The Balaban J connectivity index is 1.30. The van der Waals surface area contributed by atoms with Crippen molar-refractivity contribution >= 4 is 32.6 Å². The van der Waals surface area contributed by atoms with Crippen molar-refractivity contribution in [3.8, 4) is 5.75 Å². The first-order valence-electron chi connectivity index (χ1n) is 10.8. The Labute approximate surface area is 181 Å². The lowest BCUT2D eigenvalue weighted by molar-refractivity contribution is -0.136. The zero-order chi connectivity index (χ0) is 20.5.